The summed E-state index contributed by atoms with van der Waals surface area (Å²) in [5.74, 6) is 0.856. The molecule has 1 aromatic heterocycles. The third kappa shape index (κ3) is 5.90. The van der Waals surface area contributed by atoms with Crippen molar-refractivity contribution in [2.75, 3.05) is 40.0 Å². The zero-order valence-corrected chi connectivity index (χ0v) is 18.3. The molecule has 166 valence electrons. The number of carbonyl (C=O) groups excluding carboxylic acids is 1. The van der Waals surface area contributed by atoms with E-state index < -0.39 is 0 Å². The molecule has 4 rings (SSSR count). The Morgan fingerprint density at radius 3 is 2.72 bits per heavy atom. The second-order valence-corrected chi connectivity index (χ2v) is 7.79. The van der Waals surface area contributed by atoms with Crippen molar-refractivity contribution in [3.63, 3.8) is 0 Å². The monoisotopic (exact) mass is 432 g/mol. The normalized spacial score (nSPS) is 15.2. The highest BCUT2D eigenvalue weighted by atomic mass is 16.5. The minimum absolute atomic E-state index is 0.00282. The van der Waals surface area contributed by atoms with E-state index in [0.29, 0.717) is 39.5 Å². The summed E-state index contributed by atoms with van der Waals surface area (Å²) in [7, 11) is 1.66. The maximum absolute atomic E-state index is 11.9. The molecule has 32 heavy (non-hydrogen) atoms. The fraction of sp³-hybridized carbons (Fsp3) is 0.320. The van der Waals surface area contributed by atoms with Crippen LogP contribution in [0.25, 0.3) is 11.1 Å². The molecule has 1 aliphatic rings. The van der Waals surface area contributed by atoms with Crippen LogP contribution in [-0.4, -0.2) is 60.7 Å². The van der Waals surface area contributed by atoms with Crippen molar-refractivity contribution in [3.05, 3.63) is 77.9 Å². The molecule has 0 saturated carbocycles. The summed E-state index contributed by atoms with van der Waals surface area (Å²) in [6.07, 6.45) is 5.90. The Hall–Kier alpha value is -3.29. The first-order valence-electron chi connectivity index (χ1n) is 10.8. The van der Waals surface area contributed by atoms with Gasteiger partial charge < -0.3 is 14.8 Å². The van der Waals surface area contributed by atoms with Crippen LogP contribution in [0.2, 0.25) is 0 Å². The average molecular weight is 433 g/mol. The van der Waals surface area contributed by atoms with Gasteiger partial charge in [0.25, 0.3) is 0 Å². The largest absolute Gasteiger partial charge is 0.491 e. The molecule has 0 radical (unpaired) electrons. The van der Waals surface area contributed by atoms with Crippen molar-refractivity contribution >= 4 is 5.91 Å². The van der Waals surface area contributed by atoms with Gasteiger partial charge in [-0.3, -0.25) is 9.69 Å². The van der Waals surface area contributed by atoms with E-state index >= 15 is 0 Å². The number of hydrogen-bond donors (Lipinski definition) is 1. The van der Waals surface area contributed by atoms with Gasteiger partial charge in [-0.15, -0.1) is 0 Å². The lowest BCUT2D eigenvalue weighted by atomic mass is 9.98. The molecular formula is C25H28N4O3. The topological polar surface area (TPSA) is 76.6 Å². The Balaban J connectivity index is 1.63. The third-order valence-corrected chi connectivity index (χ3v) is 5.43. The Morgan fingerprint density at radius 1 is 1.03 bits per heavy atom. The number of aromatic nitrogens is 2. The number of carbonyl (C=O) groups is 1. The predicted molar refractivity (Wildman–Crippen MR) is 122 cm³/mol. The average Bonchev–Trinajstić information content (AvgIpc) is 2.82. The molecule has 1 amide bonds. The molecule has 1 N–H and O–H groups in total. The summed E-state index contributed by atoms with van der Waals surface area (Å²) in [6, 6.07) is 14.7. The van der Waals surface area contributed by atoms with E-state index in [2.05, 4.69) is 50.5 Å². The van der Waals surface area contributed by atoms with Crippen molar-refractivity contribution in [2.24, 2.45) is 0 Å². The van der Waals surface area contributed by atoms with Crippen molar-refractivity contribution in [3.8, 4) is 16.9 Å². The highest BCUT2D eigenvalue weighted by Gasteiger charge is 2.13. The number of hydrogen-bond acceptors (Lipinski definition) is 6. The summed E-state index contributed by atoms with van der Waals surface area (Å²) >= 11 is 0. The van der Waals surface area contributed by atoms with Crippen molar-refractivity contribution in [1.29, 1.82) is 0 Å². The fourth-order valence-electron chi connectivity index (χ4n) is 3.80. The Labute approximate surface area is 188 Å². The zero-order valence-electron chi connectivity index (χ0n) is 18.3. The quantitative estimate of drug-likeness (QED) is 0.686. The highest BCUT2D eigenvalue weighted by Crippen LogP contribution is 2.28. The van der Waals surface area contributed by atoms with Crippen LogP contribution < -0.4 is 10.1 Å². The maximum atomic E-state index is 11.9. The third-order valence-electron chi connectivity index (χ3n) is 5.43. The molecule has 0 saturated heterocycles. The summed E-state index contributed by atoms with van der Waals surface area (Å²) in [4.78, 5) is 22.3. The van der Waals surface area contributed by atoms with Gasteiger partial charge in [0.1, 0.15) is 18.7 Å². The van der Waals surface area contributed by atoms with E-state index in [1.54, 1.807) is 7.05 Å². The van der Waals surface area contributed by atoms with E-state index in [4.69, 9.17) is 9.47 Å². The van der Waals surface area contributed by atoms with E-state index in [9.17, 15) is 4.79 Å². The van der Waals surface area contributed by atoms with E-state index in [1.165, 1.54) is 17.5 Å². The van der Waals surface area contributed by atoms with Gasteiger partial charge in [-0.2, -0.15) is 0 Å². The van der Waals surface area contributed by atoms with Crippen LogP contribution in [0.5, 0.6) is 5.75 Å². The molecule has 2 aromatic carbocycles. The number of amides is 1. The lowest BCUT2D eigenvalue weighted by molar-refractivity contribution is -0.122. The van der Waals surface area contributed by atoms with Gasteiger partial charge in [0.15, 0.2) is 0 Å². The van der Waals surface area contributed by atoms with Gasteiger partial charge >= 0.3 is 0 Å². The number of fused-ring (bicyclic) bond motifs is 3. The van der Waals surface area contributed by atoms with Crippen LogP contribution in [-0.2, 0) is 22.5 Å². The van der Waals surface area contributed by atoms with Gasteiger partial charge in [0.05, 0.1) is 19.8 Å². The lowest BCUT2D eigenvalue weighted by Crippen LogP contribution is -2.37. The van der Waals surface area contributed by atoms with Gasteiger partial charge in [0, 0.05) is 44.5 Å². The van der Waals surface area contributed by atoms with E-state index in [-0.39, 0.29) is 5.91 Å². The number of likely N-dealkylation sites (N-methyl/N-ethyl adjacent to an activating group) is 1. The van der Waals surface area contributed by atoms with Crippen LogP contribution in [0.15, 0.2) is 61.2 Å². The SMILES string of the molecule is CNC(=O)CN1CCOCCOc2ccc(-c3cncnc3)cc2Cc2cccc(c2)C1. The fourth-order valence-corrected chi connectivity index (χ4v) is 3.80. The first-order chi connectivity index (χ1) is 15.7. The zero-order chi connectivity index (χ0) is 22.2. The molecule has 0 atom stereocenters. The first kappa shape index (κ1) is 21.9. The van der Waals surface area contributed by atoms with Crippen molar-refractivity contribution < 1.29 is 14.3 Å². The summed E-state index contributed by atoms with van der Waals surface area (Å²) in [6.45, 7) is 3.21. The smallest absolute Gasteiger partial charge is 0.233 e. The first-order valence-corrected chi connectivity index (χ1v) is 10.8. The molecule has 2 bridgehead atoms. The molecule has 7 nitrogen and oxygen atoms in total. The van der Waals surface area contributed by atoms with Crippen LogP contribution >= 0.6 is 0 Å². The molecule has 0 unspecified atom stereocenters. The number of rotatable bonds is 3. The molecule has 7 heteroatoms. The van der Waals surface area contributed by atoms with Crippen LogP contribution in [0.3, 0.4) is 0 Å². The number of ether oxygens (including phenoxy) is 2. The standard InChI is InChI=1S/C25H28N4O3/c1-26-25(30)17-29-7-8-31-9-10-32-24-6-5-21(23-14-27-18-28-15-23)13-22(24)12-19-3-2-4-20(11-19)16-29/h2-6,11,13-15,18H,7-10,12,16-17H2,1H3,(H,26,30). The molecular weight excluding hydrogens is 404 g/mol. The molecule has 3 aromatic rings. The predicted octanol–water partition coefficient (Wildman–Crippen LogP) is 2.69. The molecule has 0 fully saturated rings. The lowest BCUT2D eigenvalue weighted by Gasteiger charge is -2.22. The second kappa shape index (κ2) is 10.8. The van der Waals surface area contributed by atoms with Crippen molar-refractivity contribution in [2.45, 2.75) is 13.0 Å². The van der Waals surface area contributed by atoms with Crippen LogP contribution in [0, 0.1) is 0 Å². The molecule has 0 aliphatic carbocycles. The summed E-state index contributed by atoms with van der Waals surface area (Å²) < 4.78 is 11.8. The highest BCUT2D eigenvalue weighted by molar-refractivity contribution is 5.77. The second-order valence-electron chi connectivity index (χ2n) is 7.79. The minimum Gasteiger partial charge on any atom is -0.491 e. The van der Waals surface area contributed by atoms with Crippen LogP contribution in [0.1, 0.15) is 16.7 Å². The van der Waals surface area contributed by atoms with Crippen molar-refractivity contribution in [1.82, 2.24) is 20.2 Å². The van der Waals surface area contributed by atoms with Gasteiger partial charge in [-0.25, -0.2) is 9.97 Å². The van der Waals surface area contributed by atoms with Gasteiger partial charge in [0.2, 0.25) is 5.91 Å². The van der Waals surface area contributed by atoms with E-state index in [1.807, 2.05) is 24.5 Å². The Bertz CT molecular complexity index is 1040. The number of nitrogens with one attached hydrogen (secondary N) is 1. The summed E-state index contributed by atoms with van der Waals surface area (Å²) in [5.41, 5.74) is 5.48. The summed E-state index contributed by atoms with van der Waals surface area (Å²) in [5, 5.41) is 2.70. The Kier molecular flexibility index (Phi) is 7.42. The number of nitrogens with zero attached hydrogens (tertiary/aromatic N) is 3. The Morgan fingerprint density at radius 2 is 1.88 bits per heavy atom. The molecule has 2 heterocycles. The molecule has 0 spiro atoms. The maximum Gasteiger partial charge on any atom is 0.233 e. The van der Waals surface area contributed by atoms with Crippen LogP contribution in [0.4, 0.5) is 0 Å². The van der Waals surface area contributed by atoms with Gasteiger partial charge in [-0.1, -0.05) is 30.3 Å². The van der Waals surface area contributed by atoms with Gasteiger partial charge in [-0.05, 0) is 34.4 Å². The molecule has 1 aliphatic heterocycles. The number of benzene rings is 2. The van der Waals surface area contributed by atoms with E-state index in [0.717, 1.165) is 28.9 Å². The minimum atomic E-state index is -0.00282.